The highest BCUT2D eigenvalue weighted by atomic mass is 16.5. The molecule has 0 bridgehead atoms. The molecule has 100 valence electrons. The first-order valence-corrected chi connectivity index (χ1v) is 6.01. The van der Waals surface area contributed by atoms with Crippen LogP contribution in [0.3, 0.4) is 0 Å². The summed E-state index contributed by atoms with van der Waals surface area (Å²) in [7, 11) is 3.54. The molecule has 1 rings (SSSR count). The molecule has 1 N–H and O–H groups in total. The molecule has 1 unspecified atom stereocenters. The van der Waals surface area contributed by atoms with Crippen molar-refractivity contribution in [2.75, 3.05) is 20.7 Å². The van der Waals surface area contributed by atoms with Gasteiger partial charge in [-0.25, -0.2) is 0 Å². The van der Waals surface area contributed by atoms with E-state index in [-0.39, 0.29) is 0 Å². The summed E-state index contributed by atoms with van der Waals surface area (Å²) >= 11 is 0. The Morgan fingerprint density at radius 3 is 2.39 bits per heavy atom. The molecule has 4 nitrogen and oxygen atoms in total. The summed E-state index contributed by atoms with van der Waals surface area (Å²) in [5, 5.41) is 9.31. The fourth-order valence-electron chi connectivity index (χ4n) is 2.05. The largest absolute Gasteiger partial charge is 0.494 e. The highest BCUT2D eigenvalue weighted by molar-refractivity contribution is 5.76. The van der Waals surface area contributed by atoms with Gasteiger partial charge in [0.2, 0.25) is 0 Å². The van der Waals surface area contributed by atoms with Crippen LogP contribution in [-0.2, 0) is 4.79 Å². The van der Waals surface area contributed by atoms with Crippen molar-refractivity contribution in [2.45, 2.75) is 26.8 Å². The quantitative estimate of drug-likeness (QED) is 0.873. The van der Waals surface area contributed by atoms with Crippen LogP contribution in [0.15, 0.2) is 12.1 Å². The Kier molecular flexibility index (Phi) is 4.73. The average Bonchev–Trinajstić information content (AvgIpc) is 2.24. The molecule has 18 heavy (non-hydrogen) atoms. The van der Waals surface area contributed by atoms with Crippen molar-refractivity contribution in [2.24, 2.45) is 0 Å². The maximum atomic E-state index is 11.3. The van der Waals surface area contributed by atoms with E-state index in [0.29, 0.717) is 6.61 Å². The maximum Gasteiger partial charge on any atom is 0.325 e. The van der Waals surface area contributed by atoms with Gasteiger partial charge in [0.25, 0.3) is 0 Å². The molecule has 0 fully saturated rings. The number of benzene rings is 1. The normalized spacial score (nSPS) is 12.6. The third kappa shape index (κ3) is 3.01. The van der Waals surface area contributed by atoms with Crippen molar-refractivity contribution >= 4 is 5.97 Å². The summed E-state index contributed by atoms with van der Waals surface area (Å²) in [4.78, 5) is 13.0. The van der Waals surface area contributed by atoms with Crippen molar-refractivity contribution in [1.29, 1.82) is 0 Å². The molecule has 0 amide bonds. The van der Waals surface area contributed by atoms with E-state index >= 15 is 0 Å². The highest BCUT2D eigenvalue weighted by Crippen LogP contribution is 2.29. The number of likely N-dealkylation sites (N-methyl/N-ethyl adjacent to an activating group) is 1. The third-order valence-corrected chi connectivity index (χ3v) is 2.91. The standard InChI is InChI=1S/C14H21NO3/c1-6-18-12-8-9(2)11(7-10(12)3)13(14(16)17)15(4)5/h7-8,13H,6H2,1-5H3,(H,16,17). The van der Waals surface area contributed by atoms with Crippen LogP contribution in [0.5, 0.6) is 5.75 Å². The number of carbonyl (C=O) groups is 1. The zero-order chi connectivity index (χ0) is 13.9. The number of ether oxygens (including phenoxy) is 1. The number of rotatable bonds is 5. The van der Waals surface area contributed by atoms with Crippen LogP contribution >= 0.6 is 0 Å². The summed E-state index contributed by atoms with van der Waals surface area (Å²) in [6, 6.07) is 3.19. The Labute approximate surface area is 108 Å². The Bertz CT molecular complexity index is 441. The average molecular weight is 251 g/mol. The molecule has 0 aromatic heterocycles. The van der Waals surface area contributed by atoms with Gasteiger partial charge in [0.05, 0.1) is 6.61 Å². The maximum absolute atomic E-state index is 11.3. The van der Waals surface area contributed by atoms with Crippen LogP contribution in [0.25, 0.3) is 0 Å². The van der Waals surface area contributed by atoms with Gasteiger partial charge < -0.3 is 9.84 Å². The minimum Gasteiger partial charge on any atom is -0.494 e. The molecular weight excluding hydrogens is 230 g/mol. The van der Waals surface area contributed by atoms with Crippen LogP contribution in [0.1, 0.15) is 29.7 Å². The summed E-state index contributed by atoms with van der Waals surface area (Å²) < 4.78 is 5.51. The lowest BCUT2D eigenvalue weighted by Crippen LogP contribution is -2.28. The van der Waals surface area contributed by atoms with Gasteiger partial charge in [0, 0.05) is 0 Å². The van der Waals surface area contributed by atoms with E-state index in [0.717, 1.165) is 22.4 Å². The second kappa shape index (κ2) is 5.87. The van der Waals surface area contributed by atoms with Crippen LogP contribution in [-0.4, -0.2) is 36.7 Å². The van der Waals surface area contributed by atoms with E-state index in [1.165, 1.54) is 0 Å². The van der Waals surface area contributed by atoms with E-state index in [4.69, 9.17) is 4.74 Å². The van der Waals surface area contributed by atoms with Gasteiger partial charge in [-0.2, -0.15) is 0 Å². The summed E-state index contributed by atoms with van der Waals surface area (Å²) in [6.07, 6.45) is 0. The molecule has 0 aliphatic rings. The molecule has 1 aromatic carbocycles. The van der Waals surface area contributed by atoms with E-state index in [1.54, 1.807) is 19.0 Å². The number of aryl methyl sites for hydroxylation is 2. The van der Waals surface area contributed by atoms with E-state index in [9.17, 15) is 9.90 Å². The lowest BCUT2D eigenvalue weighted by molar-refractivity contribution is -0.142. The first kappa shape index (κ1) is 14.5. The van der Waals surface area contributed by atoms with Gasteiger partial charge in [-0.1, -0.05) is 0 Å². The molecule has 4 heteroatoms. The third-order valence-electron chi connectivity index (χ3n) is 2.91. The monoisotopic (exact) mass is 251 g/mol. The fourth-order valence-corrected chi connectivity index (χ4v) is 2.05. The molecule has 1 aromatic rings. The van der Waals surface area contributed by atoms with E-state index < -0.39 is 12.0 Å². The number of carboxylic acids is 1. The van der Waals surface area contributed by atoms with Gasteiger partial charge >= 0.3 is 5.97 Å². The Balaban J connectivity index is 3.25. The summed E-state index contributed by atoms with van der Waals surface area (Å²) in [5.74, 6) is -0.0201. The van der Waals surface area contributed by atoms with Gasteiger partial charge in [-0.05, 0) is 63.7 Å². The van der Waals surface area contributed by atoms with Crippen molar-refractivity contribution in [3.8, 4) is 5.75 Å². The lowest BCUT2D eigenvalue weighted by atomic mass is 9.97. The van der Waals surface area contributed by atoms with Gasteiger partial charge in [0.15, 0.2) is 0 Å². The van der Waals surface area contributed by atoms with Crippen molar-refractivity contribution < 1.29 is 14.6 Å². The number of carboxylic acid groups (broad SMARTS) is 1. The van der Waals surface area contributed by atoms with Gasteiger partial charge in [-0.15, -0.1) is 0 Å². The lowest BCUT2D eigenvalue weighted by Gasteiger charge is -2.23. The molecule has 0 radical (unpaired) electrons. The number of hydrogen-bond donors (Lipinski definition) is 1. The Morgan fingerprint density at radius 2 is 1.94 bits per heavy atom. The second-order valence-corrected chi connectivity index (χ2v) is 4.61. The molecule has 0 saturated carbocycles. The summed E-state index contributed by atoms with van der Waals surface area (Å²) in [6.45, 7) is 6.39. The number of nitrogens with zero attached hydrogens (tertiary/aromatic N) is 1. The Hall–Kier alpha value is -1.55. The summed E-state index contributed by atoms with van der Waals surface area (Å²) in [5.41, 5.74) is 2.71. The first-order valence-electron chi connectivity index (χ1n) is 6.01. The predicted molar refractivity (Wildman–Crippen MR) is 71.1 cm³/mol. The SMILES string of the molecule is CCOc1cc(C)c(C(C(=O)O)N(C)C)cc1C. The fraction of sp³-hybridized carbons (Fsp3) is 0.500. The van der Waals surface area contributed by atoms with E-state index in [2.05, 4.69) is 0 Å². The topological polar surface area (TPSA) is 49.8 Å². The zero-order valence-corrected chi connectivity index (χ0v) is 11.7. The van der Waals surface area contributed by atoms with Gasteiger partial charge in [0.1, 0.15) is 11.8 Å². The number of aliphatic carboxylic acids is 1. The minimum atomic E-state index is -0.841. The molecular formula is C14H21NO3. The molecule has 0 spiro atoms. The zero-order valence-electron chi connectivity index (χ0n) is 11.7. The van der Waals surface area contributed by atoms with Crippen molar-refractivity contribution in [3.05, 3.63) is 28.8 Å². The van der Waals surface area contributed by atoms with Crippen LogP contribution in [0, 0.1) is 13.8 Å². The molecule has 1 atom stereocenters. The molecule has 0 aliphatic heterocycles. The molecule has 0 aliphatic carbocycles. The van der Waals surface area contributed by atoms with Crippen LogP contribution < -0.4 is 4.74 Å². The minimum absolute atomic E-state index is 0.607. The smallest absolute Gasteiger partial charge is 0.325 e. The predicted octanol–water partition coefficient (Wildman–Crippen LogP) is 2.39. The second-order valence-electron chi connectivity index (χ2n) is 4.61. The van der Waals surface area contributed by atoms with Crippen LogP contribution in [0.2, 0.25) is 0 Å². The van der Waals surface area contributed by atoms with Crippen LogP contribution in [0.4, 0.5) is 0 Å². The first-order chi connectivity index (χ1) is 8.38. The Morgan fingerprint density at radius 1 is 1.33 bits per heavy atom. The van der Waals surface area contributed by atoms with E-state index in [1.807, 2.05) is 32.9 Å². The van der Waals surface area contributed by atoms with Crippen molar-refractivity contribution in [1.82, 2.24) is 4.90 Å². The highest BCUT2D eigenvalue weighted by Gasteiger charge is 2.24. The molecule has 0 saturated heterocycles. The van der Waals surface area contributed by atoms with Crippen molar-refractivity contribution in [3.63, 3.8) is 0 Å². The molecule has 0 heterocycles. The van der Waals surface area contributed by atoms with Gasteiger partial charge in [-0.3, -0.25) is 9.69 Å². The number of hydrogen-bond acceptors (Lipinski definition) is 3.